The summed E-state index contributed by atoms with van der Waals surface area (Å²) in [4.78, 5) is 0. The first-order valence-corrected chi connectivity index (χ1v) is 4.63. The van der Waals surface area contributed by atoms with Crippen LogP contribution in [0.5, 0.6) is 0 Å². The summed E-state index contributed by atoms with van der Waals surface area (Å²) >= 11 is 0. The van der Waals surface area contributed by atoms with Crippen LogP contribution in [0.1, 0.15) is 47.0 Å². The number of hydrogen-bond acceptors (Lipinski definition) is 1. The number of aliphatic hydroxyl groups is 1. The summed E-state index contributed by atoms with van der Waals surface area (Å²) in [5.74, 6) is 0.474. The Morgan fingerprint density at radius 1 is 1.27 bits per heavy atom. The maximum atomic E-state index is 9.09. The molecule has 0 saturated carbocycles. The number of unbranched alkanes of at least 4 members (excludes halogenated alkanes) is 1. The fraction of sp³-hybridized carbons (Fsp3) is 1.00. The molecular weight excluding hydrogens is 136 g/mol. The van der Waals surface area contributed by atoms with Crippen LogP contribution in [0, 0.1) is 11.3 Å². The smallest absolute Gasteiger partial charge is 0.0464 e. The molecule has 1 atom stereocenters. The van der Waals surface area contributed by atoms with E-state index in [1.54, 1.807) is 0 Å². The van der Waals surface area contributed by atoms with Gasteiger partial charge in [-0.05, 0) is 17.8 Å². The molecule has 0 saturated heterocycles. The zero-order chi connectivity index (χ0) is 8.91. The van der Waals surface area contributed by atoms with Crippen LogP contribution in [0.25, 0.3) is 0 Å². The molecule has 1 N–H and O–H groups in total. The van der Waals surface area contributed by atoms with Crippen LogP contribution < -0.4 is 0 Å². The molecular formula is C10H22O. The second-order valence-electron chi connectivity index (χ2n) is 4.39. The van der Waals surface area contributed by atoms with Crippen molar-refractivity contribution >= 4 is 0 Å². The first-order valence-electron chi connectivity index (χ1n) is 4.63. The van der Waals surface area contributed by atoms with Crippen LogP contribution in [0.4, 0.5) is 0 Å². The van der Waals surface area contributed by atoms with Crippen LogP contribution >= 0.6 is 0 Å². The summed E-state index contributed by atoms with van der Waals surface area (Å²) in [6.07, 6.45) is 3.63. The molecule has 0 aromatic rings. The van der Waals surface area contributed by atoms with Crippen molar-refractivity contribution in [1.29, 1.82) is 0 Å². The highest BCUT2D eigenvalue weighted by molar-refractivity contribution is 4.72. The molecule has 0 aliphatic rings. The third kappa shape index (κ3) is 4.41. The molecule has 0 spiro atoms. The maximum Gasteiger partial charge on any atom is 0.0464 e. The quantitative estimate of drug-likeness (QED) is 0.667. The lowest BCUT2D eigenvalue weighted by Crippen LogP contribution is -2.23. The topological polar surface area (TPSA) is 20.2 Å². The predicted molar refractivity (Wildman–Crippen MR) is 49.6 cm³/mol. The van der Waals surface area contributed by atoms with E-state index in [0.717, 1.165) is 6.42 Å². The van der Waals surface area contributed by atoms with Gasteiger partial charge in [-0.15, -0.1) is 0 Å². The minimum Gasteiger partial charge on any atom is -0.396 e. The van der Waals surface area contributed by atoms with Crippen molar-refractivity contribution < 1.29 is 5.11 Å². The molecule has 0 heterocycles. The summed E-state index contributed by atoms with van der Waals surface area (Å²) < 4.78 is 0. The van der Waals surface area contributed by atoms with Gasteiger partial charge < -0.3 is 5.11 Å². The first-order chi connectivity index (χ1) is 5.02. The Hall–Kier alpha value is -0.0400. The van der Waals surface area contributed by atoms with Gasteiger partial charge in [0.2, 0.25) is 0 Å². The zero-order valence-corrected chi connectivity index (χ0v) is 8.35. The van der Waals surface area contributed by atoms with E-state index in [4.69, 9.17) is 5.11 Å². The monoisotopic (exact) mass is 158 g/mol. The summed E-state index contributed by atoms with van der Waals surface area (Å²) in [7, 11) is 0. The normalized spacial score (nSPS) is 15.0. The van der Waals surface area contributed by atoms with E-state index in [9.17, 15) is 0 Å². The van der Waals surface area contributed by atoms with E-state index in [2.05, 4.69) is 27.7 Å². The highest BCUT2D eigenvalue weighted by atomic mass is 16.3. The van der Waals surface area contributed by atoms with Crippen LogP contribution in [-0.4, -0.2) is 11.7 Å². The average molecular weight is 158 g/mol. The third-order valence-corrected chi connectivity index (χ3v) is 2.35. The highest BCUT2D eigenvalue weighted by Crippen LogP contribution is 2.29. The lowest BCUT2D eigenvalue weighted by molar-refractivity contribution is 0.121. The van der Waals surface area contributed by atoms with E-state index in [1.807, 2.05) is 0 Å². The van der Waals surface area contributed by atoms with Gasteiger partial charge in [-0.1, -0.05) is 40.5 Å². The van der Waals surface area contributed by atoms with Crippen molar-refractivity contribution in [3.8, 4) is 0 Å². The van der Waals surface area contributed by atoms with Crippen LogP contribution in [0.3, 0.4) is 0 Å². The van der Waals surface area contributed by atoms with Crippen molar-refractivity contribution in [2.75, 3.05) is 6.61 Å². The largest absolute Gasteiger partial charge is 0.396 e. The van der Waals surface area contributed by atoms with Crippen LogP contribution in [0.2, 0.25) is 0 Å². The Morgan fingerprint density at radius 2 is 1.82 bits per heavy atom. The number of aliphatic hydroxyl groups excluding tert-OH is 1. The first kappa shape index (κ1) is 11.0. The molecule has 0 rings (SSSR count). The molecule has 1 unspecified atom stereocenters. The third-order valence-electron chi connectivity index (χ3n) is 2.35. The van der Waals surface area contributed by atoms with Gasteiger partial charge >= 0.3 is 0 Å². The van der Waals surface area contributed by atoms with Crippen molar-refractivity contribution in [3.63, 3.8) is 0 Å². The second-order valence-corrected chi connectivity index (χ2v) is 4.39. The zero-order valence-electron chi connectivity index (χ0n) is 8.35. The van der Waals surface area contributed by atoms with Gasteiger partial charge in [0.15, 0.2) is 0 Å². The second kappa shape index (κ2) is 4.76. The Morgan fingerprint density at radius 3 is 2.09 bits per heavy atom. The summed E-state index contributed by atoms with van der Waals surface area (Å²) in [6, 6.07) is 0. The fourth-order valence-corrected chi connectivity index (χ4v) is 1.25. The molecule has 68 valence electrons. The standard InChI is InChI=1S/C10H22O/c1-5-6-7-9(8-11)10(2,3)4/h9,11H,5-8H2,1-4H3. The van der Waals surface area contributed by atoms with Crippen LogP contribution in [-0.2, 0) is 0 Å². The number of rotatable bonds is 4. The Bertz CT molecular complexity index is 91.5. The van der Waals surface area contributed by atoms with E-state index < -0.39 is 0 Å². The molecule has 0 bridgehead atoms. The minimum atomic E-state index is 0.268. The van der Waals surface area contributed by atoms with Gasteiger partial charge in [0.25, 0.3) is 0 Å². The minimum absolute atomic E-state index is 0.268. The molecule has 0 fully saturated rings. The lowest BCUT2D eigenvalue weighted by Gasteiger charge is -2.28. The summed E-state index contributed by atoms with van der Waals surface area (Å²) in [6.45, 7) is 9.12. The molecule has 0 aliphatic carbocycles. The molecule has 1 heteroatoms. The Kier molecular flexibility index (Phi) is 4.74. The lowest BCUT2D eigenvalue weighted by atomic mass is 9.78. The summed E-state index contributed by atoms with van der Waals surface area (Å²) in [5, 5.41) is 9.09. The van der Waals surface area contributed by atoms with Gasteiger partial charge in [-0.25, -0.2) is 0 Å². The molecule has 1 nitrogen and oxygen atoms in total. The molecule has 0 aliphatic heterocycles. The molecule has 0 aromatic heterocycles. The summed E-state index contributed by atoms with van der Waals surface area (Å²) in [5.41, 5.74) is 0.268. The molecule has 0 aromatic carbocycles. The van der Waals surface area contributed by atoms with E-state index in [0.29, 0.717) is 12.5 Å². The van der Waals surface area contributed by atoms with Gasteiger partial charge in [0.1, 0.15) is 0 Å². The van der Waals surface area contributed by atoms with Crippen molar-refractivity contribution in [2.45, 2.75) is 47.0 Å². The van der Waals surface area contributed by atoms with Gasteiger partial charge in [-0.3, -0.25) is 0 Å². The van der Waals surface area contributed by atoms with E-state index in [1.165, 1.54) is 12.8 Å². The maximum absolute atomic E-state index is 9.09. The van der Waals surface area contributed by atoms with E-state index in [-0.39, 0.29) is 5.41 Å². The fourth-order valence-electron chi connectivity index (χ4n) is 1.25. The van der Waals surface area contributed by atoms with Crippen molar-refractivity contribution in [2.24, 2.45) is 11.3 Å². The Balaban J connectivity index is 3.76. The average Bonchev–Trinajstić information content (AvgIpc) is 1.87. The molecule has 0 radical (unpaired) electrons. The highest BCUT2D eigenvalue weighted by Gasteiger charge is 2.22. The van der Waals surface area contributed by atoms with Gasteiger partial charge in [-0.2, -0.15) is 0 Å². The predicted octanol–water partition coefficient (Wildman–Crippen LogP) is 2.83. The van der Waals surface area contributed by atoms with Crippen molar-refractivity contribution in [3.05, 3.63) is 0 Å². The number of hydrogen-bond donors (Lipinski definition) is 1. The van der Waals surface area contributed by atoms with Crippen molar-refractivity contribution in [1.82, 2.24) is 0 Å². The van der Waals surface area contributed by atoms with Gasteiger partial charge in [0.05, 0.1) is 0 Å². The molecule has 11 heavy (non-hydrogen) atoms. The van der Waals surface area contributed by atoms with E-state index >= 15 is 0 Å². The molecule has 0 amide bonds. The van der Waals surface area contributed by atoms with Gasteiger partial charge in [0, 0.05) is 6.61 Å². The SMILES string of the molecule is CCCCC(CO)C(C)(C)C. The van der Waals surface area contributed by atoms with Crippen LogP contribution in [0.15, 0.2) is 0 Å². The Labute approximate surface area is 70.8 Å².